The fourth-order valence-electron chi connectivity index (χ4n) is 2.57. The van der Waals surface area contributed by atoms with Gasteiger partial charge < -0.3 is 15.2 Å². The Morgan fingerprint density at radius 2 is 1.85 bits per heavy atom. The molecule has 0 spiro atoms. The van der Waals surface area contributed by atoms with Gasteiger partial charge in [0.1, 0.15) is 5.82 Å². The summed E-state index contributed by atoms with van der Waals surface area (Å²) in [4.78, 5) is 9.04. The fourth-order valence-corrected chi connectivity index (χ4v) is 2.57. The Bertz CT molecular complexity index is 656. The van der Waals surface area contributed by atoms with Crippen molar-refractivity contribution < 1.29 is 9.47 Å². The molecule has 0 radical (unpaired) electrons. The van der Waals surface area contributed by atoms with Gasteiger partial charge in [-0.15, -0.1) is 0 Å². The van der Waals surface area contributed by atoms with Crippen molar-refractivity contribution in [1.29, 1.82) is 0 Å². The molecule has 1 aromatic heterocycles. The summed E-state index contributed by atoms with van der Waals surface area (Å²) >= 11 is 0. The molecule has 5 nitrogen and oxygen atoms in total. The van der Waals surface area contributed by atoms with Crippen LogP contribution in [0, 0.1) is 0 Å². The zero-order valence-corrected chi connectivity index (χ0v) is 11.6. The molecule has 0 atom stereocenters. The molecule has 0 fully saturated rings. The van der Waals surface area contributed by atoms with Gasteiger partial charge in [0.05, 0.1) is 14.2 Å². The van der Waals surface area contributed by atoms with Crippen LogP contribution in [0.2, 0.25) is 0 Å². The van der Waals surface area contributed by atoms with Crippen LogP contribution in [0.15, 0.2) is 18.2 Å². The summed E-state index contributed by atoms with van der Waals surface area (Å²) in [7, 11) is 3.22. The monoisotopic (exact) mass is 271 g/mol. The van der Waals surface area contributed by atoms with Gasteiger partial charge in [0.2, 0.25) is 0 Å². The van der Waals surface area contributed by atoms with Crippen LogP contribution < -0.4 is 15.2 Å². The van der Waals surface area contributed by atoms with Crippen molar-refractivity contribution in [3.05, 3.63) is 29.5 Å². The number of anilines is 1. The third kappa shape index (κ3) is 2.05. The number of fused-ring (bicyclic) bond motifs is 1. The lowest BCUT2D eigenvalue weighted by atomic mass is 10.1. The quantitative estimate of drug-likeness (QED) is 0.927. The normalized spacial score (nSPS) is 13.1. The molecule has 5 heteroatoms. The van der Waals surface area contributed by atoms with Crippen molar-refractivity contribution in [2.24, 2.45) is 0 Å². The third-order valence-electron chi connectivity index (χ3n) is 3.61. The first-order valence-electron chi connectivity index (χ1n) is 6.60. The van der Waals surface area contributed by atoms with Gasteiger partial charge in [-0.2, -0.15) is 0 Å². The van der Waals surface area contributed by atoms with Crippen LogP contribution in [0.3, 0.4) is 0 Å². The van der Waals surface area contributed by atoms with Crippen LogP contribution in [0.25, 0.3) is 11.4 Å². The molecule has 1 aromatic carbocycles. The lowest BCUT2D eigenvalue weighted by molar-refractivity contribution is 0.355. The maximum Gasteiger partial charge on any atom is 0.161 e. The fraction of sp³-hybridized carbons (Fsp3) is 0.333. The highest BCUT2D eigenvalue weighted by Crippen LogP contribution is 2.33. The van der Waals surface area contributed by atoms with E-state index in [-0.39, 0.29) is 0 Å². The van der Waals surface area contributed by atoms with Crippen molar-refractivity contribution in [2.75, 3.05) is 20.0 Å². The standard InChI is InChI=1S/C15H17N3O2/c1-19-12-7-6-9(8-13(12)20-2)15-17-11-5-3-4-10(11)14(16)18-15/h6-8H,3-5H2,1-2H3,(H2,16,17,18). The van der Waals surface area contributed by atoms with E-state index < -0.39 is 0 Å². The number of nitrogen functional groups attached to an aromatic ring is 1. The Morgan fingerprint density at radius 1 is 1.05 bits per heavy atom. The second-order valence-electron chi connectivity index (χ2n) is 4.78. The number of hydrogen-bond donors (Lipinski definition) is 1. The lowest BCUT2D eigenvalue weighted by Gasteiger charge is -2.10. The highest BCUT2D eigenvalue weighted by molar-refractivity contribution is 5.63. The zero-order chi connectivity index (χ0) is 14.1. The number of rotatable bonds is 3. The second kappa shape index (κ2) is 5.00. The molecule has 2 aromatic rings. The van der Waals surface area contributed by atoms with Crippen LogP contribution in [0.1, 0.15) is 17.7 Å². The molecule has 0 aliphatic heterocycles. The summed E-state index contributed by atoms with van der Waals surface area (Å²) < 4.78 is 10.5. The van der Waals surface area contributed by atoms with Crippen molar-refractivity contribution in [2.45, 2.75) is 19.3 Å². The zero-order valence-electron chi connectivity index (χ0n) is 11.6. The van der Waals surface area contributed by atoms with E-state index >= 15 is 0 Å². The van der Waals surface area contributed by atoms with Crippen molar-refractivity contribution >= 4 is 5.82 Å². The second-order valence-corrected chi connectivity index (χ2v) is 4.78. The van der Waals surface area contributed by atoms with Crippen molar-refractivity contribution in [3.63, 3.8) is 0 Å². The third-order valence-corrected chi connectivity index (χ3v) is 3.61. The minimum absolute atomic E-state index is 0.595. The highest BCUT2D eigenvalue weighted by Gasteiger charge is 2.18. The van der Waals surface area contributed by atoms with Gasteiger partial charge in [0.25, 0.3) is 0 Å². The Morgan fingerprint density at radius 3 is 2.60 bits per heavy atom. The predicted molar refractivity (Wildman–Crippen MR) is 77.0 cm³/mol. The molecular weight excluding hydrogens is 254 g/mol. The molecule has 0 unspecified atom stereocenters. The van der Waals surface area contributed by atoms with Gasteiger partial charge in [-0.25, -0.2) is 9.97 Å². The van der Waals surface area contributed by atoms with Gasteiger partial charge in [0.15, 0.2) is 17.3 Å². The van der Waals surface area contributed by atoms with Crippen LogP contribution in [0.4, 0.5) is 5.82 Å². The smallest absolute Gasteiger partial charge is 0.161 e. The van der Waals surface area contributed by atoms with Gasteiger partial charge >= 0.3 is 0 Å². The number of aryl methyl sites for hydroxylation is 1. The first-order valence-corrected chi connectivity index (χ1v) is 6.60. The topological polar surface area (TPSA) is 70.3 Å². The van der Waals surface area contributed by atoms with E-state index in [2.05, 4.69) is 9.97 Å². The molecule has 1 aliphatic rings. The van der Waals surface area contributed by atoms with Crippen molar-refractivity contribution in [1.82, 2.24) is 9.97 Å². The van der Waals surface area contributed by atoms with E-state index in [4.69, 9.17) is 15.2 Å². The van der Waals surface area contributed by atoms with E-state index in [0.29, 0.717) is 23.1 Å². The van der Waals surface area contributed by atoms with Gasteiger partial charge in [0, 0.05) is 16.8 Å². The molecule has 1 heterocycles. The predicted octanol–water partition coefficient (Wildman–Crippen LogP) is 2.23. The number of hydrogen-bond acceptors (Lipinski definition) is 5. The molecule has 104 valence electrons. The molecule has 2 N–H and O–H groups in total. The molecule has 1 aliphatic carbocycles. The largest absolute Gasteiger partial charge is 0.493 e. The summed E-state index contributed by atoms with van der Waals surface area (Å²) in [6.45, 7) is 0. The van der Waals surface area contributed by atoms with E-state index in [0.717, 1.165) is 36.1 Å². The molecule has 0 bridgehead atoms. The summed E-state index contributed by atoms with van der Waals surface area (Å²) in [5.41, 5.74) is 9.09. The van der Waals surface area contributed by atoms with Crippen LogP contribution in [-0.4, -0.2) is 24.2 Å². The number of nitrogens with zero attached hydrogens (tertiary/aromatic N) is 2. The number of ether oxygens (including phenoxy) is 2. The maximum absolute atomic E-state index is 6.03. The van der Waals surface area contributed by atoms with Gasteiger partial charge in [-0.3, -0.25) is 0 Å². The molecular formula is C15H17N3O2. The van der Waals surface area contributed by atoms with Crippen LogP contribution in [-0.2, 0) is 12.8 Å². The van der Waals surface area contributed by atoms with E-state index in [9.17, 15) is 0 Å². The molecule has 0 saturated heterocycles. The average Bonchev–Trinajstić information content (AvgIpc) is 2.95. The van der Waals surface area contributed by atoms with E-state index in [1.54, 1.807) is 14.2 Å². The number of nitrogens with two attached hydrogens (primary N) is 1. The van der Waals surface area contributed by atoms with Crippen LogP contribution >= 0.6 is 0 Å². The number of benzene rings is 1. The Labute approximate surface area is 117 Å². The summed E-state index contributed by atoms with van der Waals surface area (Å²) in [6.07, 6.45) is 3.05. The van der Waals surface area contributed by atoms with Crippen LogP contribution in [0.5, 0.6) is 11.5 Å². The Hall–Kier alpha value is -2.30. The van der Waals surface area contributed by atoms with Gasteiger partial charge in [-0.1, -0.05) is 0 Å². The SMILES string of the molecule is COc1ccc(-c2nc(N)c3c(n2)CCC3)cc1OC. The first-order chi connectivity index (χ1) is 9.72. The molecule has 0 amide bonds. The molecule has 20 heavy (non-hydrogen) atoms. The maximum atomic E-state index is 6.03. The van der Waals surface area contributed by atoms with Crippen molar-refractivity contribution in [3.8, 4) is 22.9 Å². The highest BCUT2D eigenvalue weighted by atomic mass is 16.5. The minimum Gasteiger partial charge on any atom is -0.493 e. The van der Waals surface area contributed by atoms with E-state index in [1.165, 1.54) is 0 Å². The first kappa shape index (κ1) is 12.7. The number of aromatic nitrogens is 2. The minimum atomic E-state index is 0.595. The summed E-state index contributed by atoms with van der Waals surface area (Å²) in [5.74, 6) is 2.58. The Balaban J connectivity index is 2.07. The molecule has 0 saturated carbocycles. The summed E-state index contributed by atoms with van der Waals surface area (Å²) in [6, 6.07) is 5.63. The Kier molecular flexibility index (Phi) is 3.18. The van der Waals surface area contributed by atoms with Gasteiger partial charge in [-0.05, 0) is 37.5 Å². The lowest BCUT2D eigenvalue weighted by Crippen LogP contribution is -2.03. The number of methoxy groups -OCH3 is 2. The summed E-state index contributed by atoms with van der Waals surface area (Å²) in [5, 5.41) is 0. The van der Waals surface area contributed by atoms with E-state index in [1.807, 2.05) is 18.2 Å². The molecule has 3 rings (SSSR count). The average molecular weight is 271 g/mol.